The molecule has 24 heavy (non-hydrogen) atoms. The van der Waals surface area contributed by atoms with E-state index in [1.807, 2.05) is 31.6 Å². The molecule has 5 nitrogen and oxygen atoms in total. The van der Waals surface area contributed by atoms with Crippen LogP contribution in [0.2, 0.25) is 10.0 Å². The highest BCUT2D eigenvalue weighted by atomic mass is 35.5. The first-order valence-corrected chi connectivity index (χ1v) is 8.71. The van der Waals surface area contributed by atoms with Crippen molar-refractivity contribution in [2.24, 2.45) is 13.0 Å². The molecule has 0 spiro atoms. The number of carbonyl (C=O) groups excluding carboxylic acids is 1. The first kappa shape index (κ1) is 17.3. The van der Waals surface area contributed by atoms with Gasteiger partial charge in [-0.05, 0) is 23.6 Å². The summed E-state index contributed by atoms with van der Waals surface area (Å²) in [7, 11) is 1.88. The highest BCUT2D eigenvalue weighted by Gasteiger charge is 2.34. The van der Waals surface area contributed by atoms with Crippen LogP contribution >= 0.6 is 23.2 Å². The molecule has 3 rings (SSSR count). The van der Waals surface area contributed by atoms with Crippen LogP contribution in [-0.4, -0.2) is 35.3 Å². The smallest absolute Gasteiger partial charge is 0.225 e. The average molecular weight is 367 g/mol. The van der Waals surface area contributed by atoms with Gasteiger partial charge in [-0.1, -0.05) is 35.3 Å². The van der Waals surface area contributed by atoms with Crippen LogP contribution in [0.5, 0.6) is 0 Å². The van der Waals surface area contributed by atoms with Gasteiger partial charge in [-0.15, -0.1) is 0 Å². The summed E-state index contributed by atoms with van der Waals surface area (Å²) in [6.45, 7) is 2.02. The van der Waals surface area contributed by atoms with E-state index >= 15 is 0 Å². The molecule has 1 aromatic heterocycles. The second-order valence-corrected chi connectivity index (χ2v) is 6.86. The summed E-state index contributed by atoms with van der Waals surface area (Å²) in [5.74, 6) is 0.143. The quantitative estimate of drug-likeness (QED) is 0.853. The van der Waals surface area contributed by atoms with E-state index in [-0.39, 0.29) is 17.7 Å². The van der Waals surface area contributed by atoms with Gasteiger partial charge in [-0.25, -0.2) is 0 Å². The van der Waals surface area contributed by atoms with Gasteiger partial charge in [-0.3, -0.25) is 9.48 Å². The molecule has 0 bridgehead atoms. The van der Waals surface area contributed by atoms with Crippen LogP contribution in [0.4, 0.5) is 0 Å². The minimum atomic E-state index is -0.0796. The van der Waals surface area contributed by atoms with Crippen molar-refractivity contribution in [1.82, 2.24) is 20.4 Å². The number of rotatable bonds is 5. The minimum absolute atomic E-state index is 0.0620. The van der Waals surface area contributed by atoms with Crippen molar-refractivity contribution in [3.63, 3.8) is 0 Å². The van der Waals surface area contributed by atoms with Crippen molar-refractivity contribution in [2.75, 3.05) is 19.6 Å². The fourth-order valence-electron chi connectivity index (χ4n) is 3.13. The molecule has 0 saturated carbocycles. The molecule has 2 atom stereocenters. The SMILES string of the molecule is Cn1cc([C@H]2CNC[C@@H]2C(=O)NCCc2cccc(Cl)c2Cl)cn1. The first-order chi connectivity index (χ1) is 11.6. The maximum atomic E-state index is 12.5. The Balaban J connectivity index is 1.57. The lowest BCUT2D eigenvalue weighted by atomic mass is 9.90. The number of amides is 1. The van der Waals surface area contributed by atoms with Crippen molar-refractivity contribution >= 4 is 29.1 Å². The largest absolute Gasteiger partial charge is 0.355 e. The third-order valence-corrected chi connectivity index (χ3v) is 5.29. The molecule has 0 aliphatic carbocycles. The Kier molecular flexibility index (Phi) is 5.43. The number of aryl methyl sites for hydroxylation is 1. The third-order valence-electron chi connectivity index (χ3n) is 4.43. The summed E-state index contributed by atoms with van der Waals surface area (Å²) >= 11 is 12.2. The van der Waals surface area contributed by atoms with Crippen LogP contribution in [0, 0.1) is 5.92 Å². The Hall–Kier alpha value is -1.56. The molecule has 1 aliphatic rings. The van der Waals surface area contributed by atoms with Gasteiger partial charge >= 0.3 is 0 Å². The number of carbonyl (C=O) groups is 1. The molecule has 128 valence electrons. The molecule has 1 saturated heterocycles. The molecular formula is C17H20Cl2N4O. The fraction of sp³-hybridized carbons (Fsp3) is 0.412. The van der Waals surface area contributed by atoms with Crippen LogP contribution in [-0.2, 0) is 18.3 Å². The van der Waals surface area contributed by atoms with Crippen molar-refractivity contribution in [3.05, 3.63) is 51.8 Å². The lowest BCUT2D eigenvalue weighted by molar-refractivity contribution is -0.124. The maximum absolute atomic E-state index is 12.5. The average Bonchev–Trinajstić information content (AvgIpc) is 3.19. The highest BCUT2D eigenvalue weighted by Crippen LogP contribution is 2.28. The monoisotopic (exact) mass is 366 g/mol. The number of aromatic nitrogens is 2. The van der Waals surface area contributed by atoms with E-state index < -0.39 is 0 Å². The Labute approximate surface area is 151 Å². The van der Waals surface area contributed by atoms with Crippen molar-refractivity contribution in [1.29, 1.82) is 0 Å². The standard InChI is InChI=1S/C17H20Cl2N4O/c1-23-10-12(7-22-23)13-8-20-9-14(13)17(24)21-6-5-11-3-2-4-15(18)16(11)19/h2-4,7,10,13-14,20H,5-6,8-9H2,1H3,(H,21,24)/t13-,14+/m1/s1. The maximum Gasteiger partial charge on any atom is 0.225 e. The van der Waals surface area contributed by atoms with Crippen molar-refractivity contribution < 1.29 is 4.79 Å². The van der Waals surface area contributed by atoms with Crippen LogP contribution < -0.4 is 10.6 Å². The van der Waals surface area contributed by atoms with E-state index in [4.69, 9.17) is 23.2 Å². The van der Waals surface area contributed by atoms with Crippen molar-refractivity contribution in [3.8, 4) is 0 Å². The number of halogens is 2. The Morgan fingerprint density at radius 1 is 1.42 bits per heavy atom. The number of nitrogens with zero attached hydrogens (tertiary/aromatic N) is 2. The summed E-state index contributed by atoms with van der Waals surface area (Å²) in [6.07, 6.45) is 4.47. The van der Waals surface area contributed by atoms with Gasteiger partial charge < -0.3 is 10.6 Å². The van der Waals surface area contributed by atoms with E-state index in [9.17, 15) is 4.79 Å². The van der Waals surface area contributed by atoms with Crippen LogP contribution in [0.25, 0.3) is 0 Å². The molecule has 2 N–H and O–H groups in total. The molecule has 0 radical (unpaired) electrons. The molecule has 1 aromatic carbocycles. The number of hydrogen-bond acceptors (Lipinski definition) is 3. The molecule has 7 heteroatoms. The molecule has 2 aromatic rings. The predicted molar refractivity (Wildman–Crippen MR) is 95.5 cm³/mol. The van der Waals surface area contributed by atoms with Crippen molar-refractivity contribution in [2.45, 2.75) is 12.3 Å². The number of nitrogens with one attached hydrogen (secondary N) is 2. The van der Waals surface area contributed by atoms with E-state index in [2.05, 4.69) is 15.7 Å². The molecule has 1 fully saturated rings. The molecular weight excluding hydrogens is 347 g/mol. The molecule has 0 unspecified atom stereocenters. The number of hydrogen-bond donors (Lipinski definition) is 2. The molecule has 1 amide bonds. The topological polar surface area (TPSA) is 59.0 Å². The summed E-state index contributed by atoms with van der Waals surface area (Å²) in [4.78, 5) is 12.5. The lowest BCUT2D eigenvalue weighted by Gasteiger charge is -2.17. The van der Waals surface area contributed by atoms with E-state index in [1.165, 1.54) is 0 Å². The minimum Gasteiger partial charge on any atom is -0.355 e. The third kappa shape index (κ3) is 3.74. The normalized spacial score (nSPS) is 20.3. The Morgan fingerprint density at radius 2 is 2.25 bits per heavy atom. The van der Waals surface area contributed by atoms with Gasteiger partial charge in [0.05, 0.1) is 22.2 Å². The second-order valence-electron chi connectivity index (χ2n) is 6.07. The van der Waals surface area contributed by atoms with Crippen LogP contribution in [0.15, 0.2) is 30.6 Å². The van der Waals surface area contributed by atoms with Gasteiger partial charge in [0.1, 0.15) is 0 Å². The second kappa shape index (κ2) is 7.55. The van der Waals surface area contributed by atoms with Crippen LogP contribution in [0.1, 0.15) is 17.0 Å². The van der Waals surface area contributed by atoms with Gasteiger partial charge in [-0.2, -0.15) is 5.10 Å². The van der Waals surface area contributed by atoms with E-state index in [1.54, 1.807) is 10.7 Å². The zero-order valence-corrected chi connectivity index (χ0v) is 14.9. The van der Waals surface area contributed by atoms with Gasteiger partial charge in [0.15, 0.2) is 0 Å². The lowest BCUT2D eigenvalue weighted by Crippen LogP contribution is -2.35. The first-order valence-electron chi connectivity index (χ1n) is 7.96. The Morgan fingerprint density at radius 3 is 3.00 bits per heavy atom. The highest BCUT2D eigenvalue weighted by molar-refractivity contribution is 6.42. The predicted octanol–water partition coefficient (Wildman–Crippen LogP) is 2.39. The zero-order valence-electron chi connectivity index (χ0n) is 13.4. The van der Waals surface area contributed by atoms with Gasteiger partial charge in [0, 0.05) is 38.8 Å². The summed E-state index contributed by atoms with van der Waals surface area (Å²) in [5, 5.41) is 11.6. The summed E-state index contributed by atoms with van der Waals surface area (Å²) in [6, 6.07) is 5.55. The van der Waals surface area contributed by atoms with E-state index in [0.29, 0.717) is 29.6 Å². The van der Waals surface area contributed by atoms with Gasteiger partial charge in [0.25, 0.3) is 0 Å². The molecule has 1 aliphatic heterocycles. The van der Waals surface area contributed by atoms with Crippen LogP contribution in [0.3, 0.4) is 0 Å². The fourth-order valence-corrected chi connectivity index (χ4v) is 3.54. The van der Waals surface area contributed by atoms with Gasteiger partial charge in [0.2, 0.25) is 5.91 Å². The van der Waals surface area contributed by atoms with E-state index in [0.717, 1.165) is 17.7 Å². The Bertz CT molecular complexity index is 731. The molecule has 2 heterocycles. The zero-order chi connectivity index (χ0) is 17.1. The number of benzene rings is 1. The summed E-state index contributed by atoms with van der Waals surface area (Å²) < 4.78 is 1.77. The summed E-state index contributed by atoms with van der Waals surface area (Å²) in [5.41, 5.74) is 2.04.